The van der Waals surface area contributed by atoms with Gasteiger partial charge in [-0.05, 0) is 24.1 Å². The van der Waals surface area contributed by atoms with Gasteiger partial charge in [0.1, 0.15) is 0 Å². The molecule has 4 nitrogen and oxygen atoms in total. The van der Waals surface area contributed by atoms with E-state index in [1.807, 2.05) is 0 Å². The second-order valence-electron chi connectivity index (χ2n) is 5.15. The van der Waals surface area contributed by atoms with Gasteiger partial charge in [-0.25, -0.2) is 4.79 Å². The lowest BCUT2D eigenvalue weighted by molar-refractivity contribution is -0.148. The van der Waals surface area contributed by atoms with Crippen LogP contribution in [-0.4, -0.2) is 42.4 Å². The Morgan fingerprint density at radius 3 is 2.64 bits per heavy atom. The summed E-state index contributed by atoms with van der Waals surface area (Å²) >= 11 is 0. The minimum Gasteiger partial charge on any atom is -0.465 e. The molecule has 0 radical (unpaired) electrons. The molecule has 6 heteroatoms. The average Bonchev–Trinajstić information content (AvgIpc) is 2.75. The first kappa shape index (κ1) is 16.1. The smallest absolute Gasteiger partial charge is 0.337 e. The molecule has 0 aliphatic carbocycles. The van der Waals surface area contributed by atoms with Gasteiger partial charge < -0.3 is 9.64 Å². The zero-order valence-corrected chi connectivity index (χ0v) is 12.2. The highest BCUT2D eigenvalue weighted by Crippen LogP contribution is 2.33. The molecule has 1 heterocycles. The summed E-state index contributed by atoms with van der Waals surface area (Å²) in [6, 6.07) is 6.00. The fourth-order valence-electron chi connectivity index (χ4n) is 2.47. The molecule has 0 N–H and O–H groups in total. The van der Waals surface area contributed by atoms with Crippen molar-refractivity contribution in [2.75, 3.05) is 13.7 Å². The minimum absolute atomic E-state index is 0.183. The van der Waals surface area contributed by atoms with Gasteiger partial charge in [-0.1, -0.05) is 18.2 Å². The molecule has 0 aromatic heterocycles. The number of esters is 1. The molecule has 1 amide bonds. The van der Waals surface area contributed by atoms with Gasteiger partial charge >= 0.3 is 11.9 Å². The number of nitrogens with zero attached hydrogens (tertiary/aromatic N) is 1. The number of amides is 1. The molecule has 1 fully saturated rings. The molecule has 0 bridgehead atoms. The summed E-state index contributed by atoms with van der Waals surface area (Å²) in [4.78, 5) is 24.1. The van der Waals surface area contributed by atoms with Crippen molar-refractivity contribution in [1.29, 1.82) is 0 Å². The third kappa shape index (κ3) is 3.16. The lowest BCUT2D eigenvalue weighted by atomic mass is 10.1. The summed E-state index contributed by atoms with van der Waals surface area (Å²) in [7, 11) is 1.30. The molecular weight excluding hydrogens is 292 g/mol. The van der Waals surface area contributed by atoms with Crippen molar-refractivity contribution in [3.8, 4) is 0 Å². The number of carbonyl (C=O) groups excluding carboxylic acids is 2. The summed E-state index contributed by atoms with van der Waals surface area (Å²) in [6.07, 6.45) is 1.28. The monoisotopic (exact) mass is 309 g/mol. The summed E-state index contributed by atoms with van der Waals surface area (Å²) in [5.41, 5.74) is 1.26. The van der Waals surface area contributed by atoms with Gasteiger partial charge in [0.15, 0.2) is 0 Å². The first-order valence-corrected chi connectivity index (χ1v) is 6.87. The highest BCUT2D eigenvalue weighted by molar-refractivity contribution is 5.89. The maximum absolute atomic E-state index is 13.4. The highest BCUT2D eigenvalue weighted by atomic mass is 19.3. The van der Waals surface area contributed by atoms with E-state index in [1.165, 1.54) is 13.2 Å². The average molecular weight is 309 g/mol. The Labute approximate surface area is 127 Å². The standard InChI is InChI=1S/C16H17F2NO3/c1-3-13-10-16(17,18)15(21)19(13)9-8-11-4-6-12(7-5-11)14(20)22-2/h3-7,13H,1,8-10H2,2H3. The van der Waals surface area contributed by atoms with E-state index in [2.05, 4.69) is 11.3 Å². The van der Waals surface area contributed by atoms with Crippen molar-refractivity contribution in [2.24, 2.45) is 0 Å². The summed E-state index contributed by atoms with van der Waals surface area (Å²) in [5, 5.41) is 0. The molecule has 1 atom stereocenters. The number of benzene rings is 1. The molecular formula is C16H17F2NO3. The maximum atomic E-state index is 13.4. The molecule has 0 spiro atoms. The van der Waals surface area contributed by atoms with Gasteiger partial charge in [0.2, 0.25) is 0 Å². The van der Waals surface area contributed by atoms with Crippen LogP contribution in [0.5, 0.6) is 0 Å². The minimum atomic E-state index is -3.31. The summed E-state index contributed by atoms with van der Waals surface area (Å²) < 4.78 is 31.5. The van der Waals surface area contributed by atoms with E-state index < -0.39 is 30.3 Å². The van der Waals surface area contributed by atoms with Gasteiger partial charge in [-0.15, -0.1) is 6.58 Å². The third-order valence-electron chi connectivity index (χ3n) is 3.73. The summed E-state index contributed by atoms with van der Waals surface area (Å²) in [5.74, 6) is -4.90. The van der Waals surface area contributed by atoms with Crippen LogP contribution in [-0.2, 0) is 16.0 Å². The van der Waals surface area contributed by atoms with Crippen LogP contribution >= 0.6 is 0 Å². The maximum Gasteiger partial charge on any atom is 0.337 e. The Balaban J connectivity index is 2.02. The largest absolute Gasteiger partial charge is 0.465 e. The van der Waals surface area contributed by atoms with Crippen LogP contribution in [0.25, 0.3) is 0 Å². The van der Waals surface area contributed by atoms with E-state index in [4.69, 9.17) is 0 Å². The van der Waals surface area contributed by atoms with Gasteiger partial charge in [-0.3, -0.25) is 4.79 Å². The van der Waals surface area contributed by atoms with Crippen LogP contribution in [0.4, 0.5) is 8.78 Å². The zero-order chi connectivity index (χ0) is 16.3. The van der Waals surface area contributed by atoms with Crippen molar-refractivity contribution >= 4 is 11.9 Å². The van der Waals surface area contributed by atoms with E-state index in [0.29, 0.717) is 12.0 Å². The predicted molar refractivity (Wildman–Crippen MR) is 76.7 cm³/mol. The van der Waals surface area contributed by atoms with E-state index in [-0.39, 0.29) is 6.54 Å². The Hall–Kier alpha value is -2.24. The number of hydrogen-bond acceptors (Lipinski definition) is 3. The van der Waals surface area contributed by atoms with Crippen molar-refractivity contribution in [2.45, 2.75) is 24.8 Å². The van der Waals surface area contributed by atoms with Gasteiger partial charge in [-0.2, -0.15) is 8.78 Å². The molecule has 22 heavy (non-hydrogen) atoms. The second kappa shape index (κ2) is 6.25. The molecule has 2 rings (SSSR count). The molecule has 1 unspecified atom stereocenters. The third-order valence-corrected chi connectivity index (χ3v) is 3.73. The molecule has 118 valence electrons. The first-order chi connectivity index (χ1) is 10.4. The van der Waals surface area contributed by atoms with Gasteiger partial charge in [0.25, 0.3) is 5.91 Å². The van der Waals surface area contributed by atoms with Crippen molar-refractivity contribution in [3.63, 3.8) is 0 Å². The van der Waals surface area contributed by atoms with Gasteiger partial charge in [0.05, 0.1) is 18.7 Å². The lowest BCUT2D eigenvalue weighted by Crippen LogP contribution is -2.37. The highest BCUT2D eigenvalue weighted by Gasteiger charge is 2.52. The normalized spacial score (nSPS) is 20.0. The zero-order valence-electron chi connectivity index (χ0n) is 12.2. The van der Waals surface area contributed by atoms with Crippen LogP contribution in [0.1, 0.15) is 22.3 Å². The van der Waals surface area contributed by atoms with Crippen LogP contribution < -0.4 is 0 Å². The molecule has 1 aliphatic heterocycles. The van der Waals surface area contributed by atoms with E-state index in [9.17, 15) is 18.4 Å². The number of likely N-dealkylation sites (tertiary alicyclic amines) is 1. The number of halogens is 2. The Kier molecular flexibility index (Phi) is 4.59. The number of alkyl halides is 2. The van der Waals surface area contributed by atoms with Crippen molar-refractivity contribution in [3.05, 3.63) is 48.0 Å². The molecule has 0 saturated carbocycles. The molecule has 1 aromatic carbocycles. The topological polar surface area (TPSA) is 46.6 Å². The van der Waals surface area contributed by atoms with Crippen molar-refractivity contribution in [1.82, 2.24) is 4.90 Å². The fourth-order valence-corrected chi connectivity index (χ4v) is 2.47. The second-order valence-corrected chi connectivity index (χ2v) is 5.15. The van der Waals surface area contributed by atoms with Gasteiger partial charge in [0, 0.05) is 13.0 Å². The quantitative estimate of drug-likeness (QED) is 0.620. The van der Waals surface area contributed by atoms with Crippen molar-refractivity contribution < 1.29 is 23.1 Å². The summed E-state index contributed by atoms with van der Waals surface area (Å²) in [6.45, 7) is 3.69. The Bertz CT molecular complexity index is 584. The van der Waals surface area contributed by atoms with E-state index >= 15 is 0 Å². The molecule has 1 aromatic rings. The van der Waals surface area contributed by atoms with Crippen LogP contribution in [0.3, 0.4) is 0 Å². The number of carbonyl (C=O) groups is 2. The van der Waals surface area contributed by atoms with Crippen LogP contribution in [0.15, 0.2) is 36.9 Å². The first-order valence-electron chi connectivity index (χ1n) is 6.87. The molecule has 1 aliphatic rings. The SMILES string of the molecule is C=CC1CC(F)(F)C(=O)N1CCc1ccc(C(=O)OC)cc1. The van der Waals surface area contributed by atoms with Crippen LogP contribution in [0.2, 0.25) is 0 Å². The predicted octanol–water partition coefficient (Wildman–Crippen LogP) is 2.44. The number of methoxy groups -OCH3 is 1. The van der Waals surface area contributed by atoms with E-state index in [0.717, 1.165) is 10.5 Å². The number of hydrogen-bond donors (Lipinski definition) is 0. The number of rotatable bonds is 5. The number of ether oxygens (including phenoxy) is 1. The fraction of sp³-hybridized carbons (Fsp3) is 0.375. The van der Waals surface area contributed by atoms with E-state index in [1.54, 1.807) is 24.3 Å². The molecule has 1 saturated heterocycles. The van der Waals surface area contributed by atoms with Crippen LogP contribution in [0, 0.1) is 0 Å². The lowest BCUT2D eigenvalue weighted by Gasteiger charge is -2.21. The Morgan fingerprint density at radius 1 is 1.45 bits per heavy atom. The Morgan fingerprint density at radius 2 is 2.09 bits per heavy atom.